The summed E-state index contributed by atoms with van der Waals surface area (Å²) in [5, 5.41) is 17.2. The second-order valence-electron chi connectivity index (χ2n) is 5.07. The summed E-state index contributed by atoms with van der Waals surface area (Å²) >= 11 is 0. The Morgan fingerprint density at radius 3 is 2.78 bits per heavy atom. The third kappa shape index (κ3) is 1.44. The molecule has 2 aromatic heterocycles. The van der Waals surface area contributed by atoms with Crippen LogP contribution < -0.4 is 5.32 Å². The first kappa shape index (κ1) is 10.1. The molecule has 2 aliphatic rings. The molecule has 0 spiro atoms. The van der Waals surface area contributed by atoms with Gasteiger partial charge in [-0.15, -0.1) is 0 Å². The highest BCUT2D eigenvalue weighted by atomic mass is 16.3. The first-order valence-corrected chi connectivity index (χ1v) is 6.24. The first-order valence-electron chi connectivity index (χ1n) is 6.24. The largest absolute Gasteiger partial charge is 0.506 e. The molecule has 1 saturated heterocycles. The topological polar surface area (TPSA) is 63.0 Å². The van der Waals surface area contributed by atoms with E-state index < -0.39 is 0 Å². The zero-order valence-corrected chi connectivity index (χ0v) is 9.82. The monoisotopic (exact) mass is 242 g/mol. The fourth-order valence-corrected chi connectivity index (χ4v) is 3.01. The van der Waals surface area contributed by atoms with Gasteiger partial charge in [-0.2, -0.15) is 5.10 Å². The lowest BCUT2D eigenvalue weighted by molar-refractivity contribution is 0.472. The van der Waals surface area contributed by atoms with Crippen LogP contribution >= 0.6 is 0 Å². The Labute approximate surface area is 104 Å². The van der Waals surface area contributed by atoms with Gasteiger partial charge in [0.15, 0.2) is 5.82 Å². The van der Waals surface area contributed by atoms with Crippen LogP contribution in [0, 0.1) is 11.8 Å². The third-order valence-electron chi connectivity index (χ3n) is 4.01. The molecule has 5 nitrogen and oxygen atoms in total. The fourth-order valence-electron chi connectivity index (χ4n) is 3.01. The smallest absolute Gasteiger partial charge is 0.153 e. The number of nitrogens with zero attached hydrogens (tertiary/aromatic N) is 3. The number of nitrogens with one attached hydrogen (secondary N) is 1. The van der Waals surface area contributed by atoms with Crippen molar-refractivity contribution < 1.29 is 5.11 Å². The van der Waals surface area contributed by atoms with Gasteiger partial charge in [-0.25, -0.2) is 9.67 Å². The predicted molar refractivity (Wildman–Crippen MR) is 65.6 cm³/mol. The maximum atomic E-state index is 9.22. The standard InChI is InChI=1S/C13H14N4O/c18-8-1-2-12(15-5-8)17-4-3-11(16-17)13-9-6-14-7-10(9)13/h1-5,9-10,13-14,18H,6-7H2/t9-,10+,13?. The minimum absolute atomic E-state index is 0.175. The molecule has 1 aliphatic heterocycles. The van der Waals surface area contributed by atoms with Gasteiger partial charge in [0, 0.05) is 12.1 Å². The van der Waals surface area contributed by atoms with Crippen LogP contribution in [0.3, 0.4) is 0 Å². The molecular weight excluding hydrogens is 228 g/mol. The molecule has 2 N–H and O–H groups in total. The second-order valence-corrected chi connectivity index (χ2v) is 5.07. The van der Waals surface area contributed by atoms with E-state index in [0.717, 1.165) is 30.7 Å². The number of aromatic nitrogens is 3. The molecule has 2 aromatic rings. The Morgan fingerprint density at radius 2 is 2.06 bits per heavy atom. The van der Waals surface area contributed by atoms with Gasteiger partial charge in [-0.05, 0) is 43.1 Å². The van der Waals surface area contributed by atoms with Crippen LogP contribution in [0.4, 0.5) is 0 Å². The zero-order valence-electron chi connectivity index (χ0n) is 9.82. The van der Waals surface area contributed by atoms with Gasteiger partial charge in [0.1, 0.15) is 5.75 Å². The summed E-state index contributed by atoms with van der Waals surface area (Å²) in [5.74, 6) is 3.10. The molecule has 0 bridgehead atoms. The Bertz CT molecular complexity index is 567. The normalized spacial score (nSPS) is 29.2. The van der Waals surface area contributed by atoms with Crippen LogP contribution in [-0.2, 0) is 0 Å². The van der Waals surface area contributed by atoms with E-state index in [9.17, 15) is 5.11 Å². The maximum Gasteiger partial charge on any atom is 0.153 e. The van der Waals surface area contributed by atoms with Crippen LogP contribution in [0.1, 0.15) is 11.6 Å². The van der Waals surface area contributed by atoms with Crippen molar-refractivity contribution in [3.05, 3.63) is 36.3 Å². The minimum atomic E-state index is 0.175. The van der Waals surface area contributed by atoms with Crippen molar-refractivity contribution in [2.75, 3.05) is 13.1 Å². The average molecular weight is 242 g/mol. The summed E-state index contributed by atoms with van der Waals surface area (Å²) in [7, 11) is 0. The molecule has 3 heterocycles. The molecule has 3 atom stereocenters. The highest BCUT2D eigenvalue weighted by Gasteiger charge is 2.54. The van der Waals surface area contributed by atoms with Crippen LogP contribution in [0.2, 0.25) is 0 Å². The van der Waals surface area contributed by atoms with Crippen molar-refractivity contribution in [3.63, 3.8) is 0 Å². The van der Waals surface area contributed by atoms with E-state index in [0.29, 0.717) is 5.92 Å². The summed E-state index contributed by atoms with van der Waals surface area (Å²) < 4.78 is 1.77. The average Bonchev–Trinajstić information content (AvgIpc) is 2.83. The Kier molecular flexibility index (Phi) is 1.99. The lowest BCUT2D eigenvalue weighted by atomic mass is 10.2. The molecular formula is C13H14N4O. The highest BCUT2D eigenvalue weighted by molar-refractivity contribution is 5.30. The summed E-state index contributed by atoms with van der Waals surface area (Å²) in [5.41, 5.74) is 1.17. The summed E-state index contributed by atoms with van der Waals surface area (Å²) in [6.07, 6.45) is 3.38. The summed E-state index contributed by atoms with van der Waals surface area (Å²) in [6, 6.07) is 5.47. The lowest BCUT2D eigenvalue weighted by Crippen LogP contribution is -2.14. The summed E-state index contributed by atoms with van der Waals surface area (Å²) in [6.45, 7) is 2.25. The molecule has 5 heteroatoms. The SMILES string of the molecule is Oc1ccc(-n2ccc(C3[C@H]4CNC[C@@H]34)n2)nc1. The van der Waals surface area contributed by atoms with Crippen molar-refractivity contribution in [3.8, 4) is 11.6 Å². The van der Waals surface area contributed by atoms with Gasteiger partial charge in [0.05, 0.1) is 11.9 Å². The molecule has 1 unspecified atom stereocenters. The van der Waals surface area contributed by atoms with Gasteiger partial charge in [0.2, 0.25) is 0 Å². The third-order valence-corrected chi connectivity index (χ3v) is 4.01. The van der Waals surface area contributed by atoms with Crippen LogP contribution in [0.5, 0.6) is 5.75 Å². The molecule has 0 aromatic carbocycles. The van der Waals surface area contributed by atoms with E-state index in [4.69, 9.17) is 0 Å². The van der Waals surface area contributed by atoms with Crippen molar-refractivity contribution in [2.24, 2.45) is 11.8 Å². The molecule has 92 valence electrons. The van der Waals surface area contributed by atoms with E-state index >= 15 is 0 Å². The molecule has 1 saturated carbocycles. The van der Waals surface area contributed by atoms with Gasteiger partial charge in [-0.1, -0.05) is 0 Å². The number of hydrogen-bond acceptors (Lipinski definition) is 4. The Balaban J connectivity index is 1.60. The number of hydrogen-bond donors (Lipinski definition) is 2. The van der Waals surface area contributed by atoms with Crippen molar-refractivity contribution in [1.29, 1.82) is 0 Å². The quantitative estimate of drug-likeness (QED) is 0.821. The Morgan fingerprint density at radius 1 is 1.22 bits per heavy atom. The van der Waals surface area contributed by atoms with Crippen molar-refractivity contribution in [2.45, 2.75) is 5.92 Å². The van der Waals surface area contributed by atoms with E-state index in [1.54, 1.807) is 16.8 Å². The van der Waals surface area contributed by atoms with Crippen LogP contribution in [0.15, 0.2) is 30.6 Å². The molecule has 1 aliphatic carbocycles. The van der Waals surface area contributed by atoms with E-state index in [1.807, 2.05) is 6.20 Å². The first-order chi connectivity index (χ1) is 8.83. The van der Waals surface area contributed by atoms with Crippen LogP contribution in [-0.4, -0.2) is 33.0 Å². The van der Waals surface area contributed by atoms with Crippen LogP contribution in [0.25, 0.3) is 5.82 Å². The lowest BCUT2D eigenvalue weighted by Gasteiger charge is -2.01. The van der Waals surface area contributed by atoms with Crippen molar-refractivity contribution in [1.82, 2.24) is 20.1 Å². The molecule has 0 radical (unpaired) electrons. The number of rotatable bonds is 2. The fraction of sp³-hybridized carbons (Fsp3) is 0.385. The van der Waals surface area contributed by atoms with Gasteiger partial charge >= 0.3 is 0 Å². The number of piperidine rings is 1. The van der Waals surface area contributed by atoms with Gasteiger partial charge in [0.25, 0.3) is 0 Å². The molecule has 2 fully saturated rings. The second kappa shape index (κ2) is 3.55. The molecule has 4 rings (SSSR count). The summed E-state index contributed by atoms with van der Waals surface area (Å²) in [4.78, 5) is 4.15. The molecule has 0 amide bonds. The number of fused-ring (bicyclic) bond motifs is 1. The van der Waals surface area contributed by atoms with Gasteiger partial charge in [-0.3, -0.25) is 0 Å². The van der Waals surface area contributed by atoms with E-state index in [1.165, 1.54) is 11.9 Å². The predicted octanol–water partition coefficient (Wildman–Crippen LogP) is 0.906. The van der Waals surface area contributed by atoms with E-state index in [-0.39, 0.29) is 5.75 Å². The molecule has 18 heavy (non-hydrogen) atoms. The zero-order chi connectivity index (χ0) is 12.1. The van der Waals surface area contributed by atoms with Gasteiger partial charge < -0.3 is 10.4 Å². The minimum Gasteiger partial charge on any atom is -0.506 e. The highest BCUT2D eigenvalue weighted by Crippen LogP contribution is 2.55. The number of pyridine rings is 1. The Hall–Kier alpha value is -1.88. The number of aromatic hydroxyl groups is 1. The van der Waals surface area contributed by atoms with E-state index in [2.05, 4.69) is 21.5 Å². The van der Waals surface area contributed by atoms with Crippen molar-refractivity contribution >= 4 is 0 Å². The maximum absolute atomic E-state index is 9.22.